The lowest BCUT2D eigenvalue weighted by Crippen LogP contribution is -2.30. The van der Waals surface area contributed by atoms with E-state index in [1.807, 2.05) is 0 Å². The van der Waals surface area contributed by atoms with E-state index in [-0.39, 0.29) is 83.9 Å². The van der Waals surface area contributed by atoms with Gasteiger partial charge in [0.15, 0.2) is 18.3 Å². The van der Waals surface area contributed by atoms with Gasteiger partial charge in [0, 0.05) is 31.5 Å². The predicted octanol–water partition coefficient (Wildman–Crippen LogP) is 7.39. The number of nitro groups is 1. The minimum atomic E-state index is -1.13. The fourth-order valence-electron chi connectivity index (χ4n) is 8.49. The van der Waals surface area contributed by atoms with Crippen LogP contribution in [0.3, 0.4) is 0 Å². The molecule has 4 aromatic carbocycles. The lowest BCUT2D eigenvalue weighted by atomic mass is 9.82. The minimum absolute atomic E-state index is 0.0315. The van der Waals surface area contributed by atoms with Crippen LogP contribution in [-0.2, 0) is 61.9 Å². The maximum Gasteiger partial charge on any atom is 0.342 e. The SMILES string of the molecule is CC(=O)OCOC(=O)c1ccc(OC(=O)C2CCC(C(=O)Oc3ccc(OC(=O)C4CCC(C(=O)Oc5ccc(C(=O)OCOCC6CO6)cc5)CC4)c4nc(-c5ccc([N+](=O)[O-])cc5)sc34)CC2)cc1C(=O)OCOC(C)=O. The Kier molecular flexibility index (Phi) is 18.7. The van der Waals surface area contributed by atoms with Gasteiger partial charge in [-0.1, -0.05) is 0 Å². The average Bonchev–Trinajstić information content (AvgIpc) is 4.30. The molecule has 24 nitrogen and oxygen atoms in total. The summed E-state index contributed by atoms with van der Waals surface area (Å²) in [5, 5.41) is 11.8. The van der Waals surface area contributed by atoms with Gasteiger partial charge in [-0.25, -0.2) is 19.4 Å². The number of nitro benzene ring substituents is 1. The number of aromatic nitrogens is 1. The van der Waals surface area contributed by atoms with Crippen LogP contribution < -0.4 is 18.9 Å². The number of carbonyl (C=O) groups is 9. The molecule has 5 aromatic rings. The van der Waals surface area contributed by atoms with Gasteiger partial charge in [0.1, 0.15) is 32.8 Å². The van der Waals surface area contributed by atoms with E-state index in [1.165, 1.54) is 66.7 Å². The largest absolute Gasteiger partial charge is 0.435 e. The van der Waals surface area contributed by atoms with Crippen LogP contribution in [0.5, 0.6) is 23.0 Å². The molecule has 0 spiro atoms. The molecule has 0 radical (unpaired) electrons. The molecule has 2 heterocycles. The Bertz CT molecular complexity index is 3130. The summed E-state index contributed by atoms with van der Waals surface area (Å²) < 4.78 is 57.9. The second-order valence-electron chi connectivity index (χ2n) is 18.3. The molecule has 1 aromatic heterocycles. The number of benzene rings is 4. The van der Waals surface area contributed by atoms with Gasteiger partial charge in [0.05, 0.1) is 58.5 Å². The van der Waals surface area contributed by atoms with Crippen molar-refractivity contribution in [2.45, 2.75) is 71.3 Å². The van der Waals surface area contributed by atoms with Crippen LogP contribution in [0, 0.1) is 33.8 Å². The maximum atomic E-state index is 13.8. The Hall–Kier alpha value is -8.68. The molecule has 1 unspecified atom stereocenters. The Balaban J connectivity index is 0.877. The van der Waals surface area contributed by atoms with Crippen LogP contribution in [0.15, 0.2) is 78.9 Å². The number of ether oxygens (including phenoxy) is 11. The molecule has 3 aliphatic rings. The summed E-state index contributed by atoms with van der Waals surface area (Å²) in [5.74, 6) is -8.81. The first-order chi connectivity index (χ1) is 38.0. The predicted molar refractivity (Wildman–Crippen MR) is 268 cm³/mol. The lowest BCUT2D eigenvalue weighted by molar-refractivity contribution is -0.384. The molecule has 414 valence electrons. The molecule has 2 saturated carbocycles. The van der Waals surface area contributed by atoms with Crippen LogP contribution in [0.25, 0.3) is 20.8 Å². The highest BCUT2D eigenvalue weighted by molar-refractivity contribution is 7.22. The molecular formula is C54H50N2O22S. The number of esters is 9. The van der Waals surface area contributed by atoms with Crippen LogP contribution in [-0.4, -0.2) is 103 Å². The molecule has 0 bridgehead atoms. The lowest BCUT2D eigenvalue weighted by Gasteiger charge is -2.26. The number of rotatable bonds is 21. The summed E-state index contributed by atoms with van der Waals surface area (Å²) >= 11 is 1.10. The van der Waals surface area contributed by atoms with E-state index in [0.29, 0.717) is 54.2 Å². The molecule has 79 heavy (non-hydrogen) atoms. The zero-order valence-corrected chi connectivity index (χ0v) is 43.2. The fourth-order valence-corrected chi connectivity index (χ4v) is 9.52. The van der Waals surface area contributed by atoms with Gasteiger partial charge in [-0.05, 0) is 118 Å². The summed E-state index contributed by atoms with van der Waals surface area (Å²) in [6, 6.07) is 17.9. The van der Waals surface area contributed by atoms with Crippen molar-refractivity contribution in [3.05, 3.63) is 106 Å². The Labute approximate surface area is 452 Å². The molecule has 1 saturated heterocycles. The zero-order chi connectivity index (χ0) is 56.2. The second kappa shape index (κ2) is 26.1. The monoisotopic (exact) mass is 1110 g/mol. The van der Waals surface area contributed by atoms with Gasteiger partial charge in [-0.2, -0.15) is 0 Å². The summed E-state index contributed by atoms with van der Waals surface area (Å²) in [5.41, 5.74) is 0.0316. The van der Waals surface area contributed by atoms with E-state index in [9.17, 15) is 53.3 Å². The fraction of sp³-hybridized carbons (Fsp3) is 0.370. The Morgan fingerprint density at radius 3 is 1.58 bits per heavy atom. The number of epoxide rings is 1. The maximum absolute atomic E-state index is 13.8. The molecule has 2 aliphatic carbocycles. The third-order valence-corrected chi connectivity index (χ3v) is 14.0. The molecule has 0 N–H and O–H groups in total. The van der Waals surface area contributed by atoms with E-state index in [2.05, 4.69) is 9.47 Å². The van der Waals surface area contributed by atoms with Gasteiger partial charge in [0.25, 0.3) is 5.69 Å². The van der Waals surface area contributed by atoms with Crippen molar-refractivity contribution in [1.29, 1.82) is 0 Å². The first-order valence-electron chi connectivity index (χ1n) is 24.8. The van der Waals surface area contributed by atoms with Crippen molar-refractivity contribution >= 4 is 81.0 Å². The van der Waals surface area contributed by atoms with Crippen molar-refractivity contribution < 1.29 is 100 Å². The molecule has 25 heteroatoms. The van der Waals surface area contributed by atoms with E-state index in [4.69, 9.17) is 47.6 Å². The molecule has 3 fully saturated rings. The quantitative estimate of drug-likeness (QED) is 0.0101. The van der Waals surface area contributed by atoms with Gasteiger partial charge in [0.2, 0.25) is 13.6 Å². The molecule has 1 atom stereocenters. The van der Waals surface area contributed by atoms with E-state index in [0.717, 1.165) is 37.3 Å². The smallest absolute Gasteiger partial charge is 0.342 e. The zero-order valence-electron chi connectivity index (χ0n) is 42.4. The summed E-state index contributed by atoms with van der Waals surface area (Å²) in [6.07, 6.45) is 2.16. The number of carbonyl (C=O) groups excluding carboxylic acids is 9. The number of fused-ring (bicyclic) bond motifs is 1. The van der Waals surface area contributed by atoms with Crippen LogP contribution in [0.4, 0.5) is 5.69 Å². The van der Waals surface area contributed by atoms with Gasteiger partial charge < -0.3 is 52.1 Å². The normalized spacial score (nSPS) is 18.4. The standard InChI is InChI=1S/C54H50N2O22S/c1-29(57)70-27-73-53(64)41-20-19-39(23-42(41)54(65)74-28-71-30(2)58)76-50(61)34-5-9-36(10-6-34)52(63)78-44-22-21-43(45-46(44)79-47(55-45)31-11-15-37(16-12-31)56(66)67)77-51(62)35-7-3-33(4-8-35)49(60)75-38-17-13-32(14-18-38)48(59)72-26-68-24-40-25-69-40/h11-23,33-36,40H,3-10,24-28H2,1-2H3. The summed E-state index contributed by atoms with van der Waals surface area (Å²) in [6.45, 7) is 1.37. The molecule has 1 aliphatic heterocycles. The topological polar surface area (TPSA) is 314 Å². The van der Waals surface area contributed by atoms with E-state index in [1.54, 1.807) is 0 Å². The van der Waals surface area contributed by atoms with E-state index >= 15 is 0 Å². The third kappa shape index (κ3) is 15.3. The van der Waals surface area contributed by atoms with Crippen molar-refractivity contribution in [3.63, 3.8) is 0 Å². The summed E-state index contributed by atoms with van der Waals surface area (Å²) in [4.78, 5) is 130. The molecule has 0 amide bonds. The third-order valence-electron chi connectivity index (χ3n) is 12.8. The van der Waals surface area contributed by atoms with Crippen LogP contribution in [0.2, 0.25) is 0 Å². The van der Waals surface area contributed by atoms with Crippen molar-refractivity contribution in [2.24, 2.45) is 23.7 Å². The number of hydrogen-bond acceptors (Lipinski definition) is 24. The van der Waals surface area contributed by atoms with Crippen LogP contribution in [0.1, 0.15) is 96.3 Å². The Morgan fingerprint density at radius 1 is 0.570 bits per heavy atom. The number of nitrogens with zero attached hydrogens (tertiary/aromatic N) is 2. The molecule has 8 rings (SSSR count). The first-order valence-corrected chi connectivity index (χ1v) is 25.6. The van der Waals surface area contributed by atoms with Gasteiger partial charge in [-0.3, -0.25) is 38.9 Å². The second-order valence-corrected chi connectivity index (χ2v) is 19.3. The number of non-ortho nitro benzene ring substituents is 1. The highest BCUT2D eigenvalue weighted by atomic mass is 32.1. The summed E-state index contributed by atoms with van der Waals surface area (Å²) in [7, 11) is 0. The molecular weight excluding hydrogens is 1060 g/mol. The van der Waals surface area contributed by atoms with Crippen molar-refractivity contribution in [2.75, 3.05) is 33.6 Å². The van der Waals surface area contributed by atoms with Crippen molar-refractivity contribution in [3.8, 4) is 33.6 Å². The highest BCUT2D eigenvalue weighted by Gasteiger charge is 2.35. The Morgan fingerprint density at radius 2 is 1.05 bits per heavy atom. The van der Waals surface area contributed by atoms with Gasteiger partial charge in [-0.15, -0.1) is 11.3 Å². The first kappa shape index (κ1) is 56.5. The van der Waals surface area contributed by atoms with E-state index < -0.39 is 101 Å². The number of hydrogen-bond donors (Lipinski definition) is 0. The number of thiazole rings is 1. The van der Waals surface area contributed by atoms with Crippen molar-refractivity contribution in [1.82, 2.24) is 4.98 Å². The minimum Gasteiger partial charge on any atom is -0.435 e. The van der Waals surface area contributed by atoms with Gasteiger partial charge >= 0.3 is 53.7 Å². The van der Waals surface area contributed by atoms with Crippen LogP contribution >= 0.6 is 11.3 Å². The highest BCUT2D eigenvalue weighted by Crippen LogP contribution is 2.43. The average molecular weight is 1110 g/mol.